The molecule has 0 aromatic carbocycles. The fraction of sp³-hybridized carbons (Fsp3) is 0.933. The highest BCUT2D eigenvalue weighted by Crippen LogP contribution is 2.20. The van der Waals surface area contributed by atoms with Crippen LogP contribution in [0.2, 0.25) is 0 Å². The Bertz CT molecular complexity index is 296. The van der Waals surface area contributed by atoms with E-state index in [1.807, 2.05) is 0 Å². The lowest BCUT2D eigenvalue weighted by molar-refractivity contribution is -0.162. The lowest BCUT2D eigenvalue weighted by Crippen LogP contribution is -2.43. The number of aliphatic hydroxyl groups excluding tert-OH is 3. The zero-order valence-corrected chi connectivity index (χ0v) is 12.7. The maximum absolute atomic E-state index is 11.7. The van der Waals surface area contributed by atoms with Gasteiger partial charge in [0, 0.05) is 6.42 Å². The highest BCUT2D eigenvalue weighted by Gasteiger charge is 2.41. The van der Waals surface area contributed by atoms with Crippen LogP contribution in [0.3, 0.4) is 0 Å². The van der Waals surface area contributed by atoms with E-state index in [4.69, 9.17) is 9.47 Å². The van der Waals surface area contributed by atoms with Crippen molar-refractivity contribution in [2.45, 2.75) is 76.3 Å². The largest absolute Gasteiger partial charge is 0.457 e. The summed E-state index contributed by atoms with van der Waals surface area (Å²) >= 11 is 0. The van der Waals surface area contributed by atoms with E-state index in [2.05, 4.69) is 6.92 Å². The highest BCUT2D eigenvalue weighted by atomic mass is 16.6. The van der Waals surface area contributed by atoms with Gasteiger partial charge in [0.25, 0.3) is 0 Å². The Kier molecular flexibility index (Phi) is 8.84. The lowest BCUT2D eigenvalue weighted by atomic mass is 10.1. The molecule has 21 heavy (non-hydrogen) atoms. The van der Waals surface area contributed by atoms with Crippen LogP contribution < -0.4 is 0 Å². The van der Waals surface area contributed by atoms with Crippen LogP contribution in [-0.4, -0.2) is 58.9 Å². The molecule has 6 nitrogen and oxygen atoms in total. The van der Waals surface area contributed by atoms with Crippen molar-refractivity contribution in [3.63, 3.8) is 0 Å². The van der Waals surface area contributed by atoms with Crippen LogP contribution in [0.25, 0.3) is 0 Å². The molecule has 1 aliphatic heterocycles. The fourth-order valence-electron chi connectivity index (χ4n) is 2.44. The Hall–Kier alpha value is -0.690. The van der Waals surface area contributed by atoms with Gasteiger partial charge in [0.2, 0.25) is 0 Å². The van der Waals surface area contributed by atoms with Crippen molar-refractivity contribution in [2.75, 3.05) is 13.2 Å². The van der Waals surface area contributed by atoms with Crippen LogP contribution >= 0.6 is 0 Å². The zero-order valence-electron chi connectivity index (χ0n) is 12.7. The zero-order chi connectivity index (χ0) is 15.7. The van der Waals surface area contributed by atoms with E-state index in [1.165, 1.54) is 19.3 Å². The quantitative estimate of drug-likeness (QED) is 0.407. The Morgan fingerprint density at radius 2 is 1.90 bits per heavy atom. The smallest absolute Gasteiger partial charge is 0.306 e. The number of carbonyl (C=O) groups excluding carboxylic acids is 1. The molecule has 1 saturated heterocycles. The van der Waals surface area contributed by atoms with Gasteiger partial charge in [-0.2, -0.15) is 0 Å². The molecule has 6 heteroatoms. The van der Waals surface area contributed by atoms with Crippen molar-refractivity contribution < 1.29 is 29.6 Å². The molecule has 2 unspecified atom stereocenters. The van der Waals surface area contributed by atoms with E-state index in [1.54, 1.807) is 0 Å². The van der Waals surface area contributed by atoms with Crippen molar-refractivity contribution >= 4 is 5.97 Å². The summed E-state index contributed by atoms with van der Waals surface area (Å²) in [5.74, 6) is -0.401. The van der Waals surface area contributed by atoms with Gasteiger partial charge in [0.15, 0.2) is 6.10 Å². The summed E-state index contributed by atoms with van der Waals surface area (Å²) in [6, 6.07) is 0. The van der Waals surface area contributed by atoms with Crippen molar-refractivity contribution in [1.82, 2.24) is 0 Å². The first-order chi connectivity index (χ1) is 10.1. The van der Waals surface area contributed by atoms with Crippen molar-refractivity contribution in [3.8, 4) is 0 Å². The first-order valence-corrected chi connectivity index (χ1v) is 7.88. The molecule has 124 valence electrons. The van der Waals surface area contributed by atoms with Gasteiger partial charge in [-0.3, -0.25) is 4.79 Å². The molecule has 0 spiro atoms. The number of unbranched alkanes of at least 4 members (excludes halogenated alkanes) is 5. The molecule has 0 bridgehead atoms. The van der Waals surface area contributed by atoms with Gasteiger partial charge in [-0.25, -0.2) is 0 Å². The first-order valence-electron chi connectivity index (χ1n) is 7.88. The SMILES string of the molecule is CCCCCCCCC(=O)OC(CO)C1OC[C@@H](O)[C@H]1O. The molecule has 0 aromatic heterocycles. The van der Waals surface area contributed by atoms with Gasteiger partial charge in [0.05, 0.1) is 13.2 Å². The van der Waals surface area contributed by atoms with Gasteiger partial charge in [-0.15, -0.1) is 0 Å². The summed E-state index contributed by atoms with van der Waals surface area (Å²) in [6.07, 6.45) is 2.83. The van der Waals surface area contributed by atoms with E-state index in [9.17, 15) is 20.1 Å². The highest BCUT2D eigenvalue weighted by molar-refractivity contribution is 5.69. The maximum Gasteiger partial charge on any atom is 0.306 e. The number of carbonyl (C=O) groups is 1. The molecular formula is C15H28O6. The number of rotatable bonds is 10. The molecule has 4 atom stereocenters. The van der Waals surface area contributed by atoms with Crippen molar-refractivity contribution in [2.24, 2.45) is 0 Å². The second-order valence-electron chi connectivity index (χ2n) is 5.58. The maximum atomic E-state index is 11.7. The van der Waals surface area contributed by atoms with Gasteiger partial charge >= 0.3 is 5.97 Å². The molecular weight excluding hydrogens is 276 g/mol. The topological polar surface area (TPSA) is 96.2 Å². The summed E-state index contributed by atoms with van der Waals surface area (Å²) in [5, 5.41) is 28.3. The van der Waals surface area contributed by atoms with Crippen LogP contribution in [0.15, 0.2) is 0 Å². The molecule has 0 aromatic rings. The lowest BCUT2D eigenvalue weighted by Gasteiger charge is -2.24. The van der Waals surface area contributed by atoms with Crippen LogP contribution in [-0.2, 0) is 14.3 Å². The van der Waals surface area contributed by atoms with E-state index in [0.717, 1.165) is 19.3 Å². The average Bonchev–Trinajstić information content (AvgIpc) is 2.80. The number of hydrogen-bond acceptors (Lipinski definition) is 6. The van der Waals surface area contributed by atoms with Crippen LogP contribution in [0.1, 0.15) is 51.9 Å². The minimum atomic E-state index is -1.14. The second kappa shape index (κ2) is 10.1. The third-order valence-corrected chi connectivity index (χ3v) is 3.75. The molecule has 0 aliphatic carbocycles. The normalized spacial score (nSPS) is 26.8. The fourth-order valence-corrected chi connectivity index (χ4v) is 2.44. The Labute approximate surface area is 126 Å². The number of ether oxygens (including phenoxy) is 2. The molecule has 1 fully saturated rings. The minimum Gasteiger partial charge on any atom is -0.457 e. The molecule has 1 rings (SSSR count). The van der Waals surface area contributed by atoms with Gasteiger partial charge < -0.3 is 24.8 Å². The van der Waals surface area contributed by atoms with Crippen molar-refractivity contribution in [1.29, 1.82) is 0 Å². The van der Waals surface area contributed by atoms with Crippen LogP contribution in [0, 0.1) is 0 Å². The number of aliphatic hydroxyl groups is 3. The third-order valence-electron chi connectivity index (χ3n) is 3.75. The molecule has 0 radical (unpaired) electrons. The van der Waals surface area contributed by atoms with E-state index >= 15 is 0 Å². The summed E-state index contributed by atoms with van der Waals surface area (Å²) in [5.41, 5.74) is 0. The summed E-state index contributed by atoms with van der Waals surface area (Å²) in [4.78, 5) is 11.7. The predicted molar refractivity (Wildman–Crippen MR) is 76.7 cm³/mol. The Morgan fingerprint density at radius 1 is 1.24 bits per heavy atom. The second-order valence-corrected chi connectivity index (χ2v) is 5.58. The van der Waals surface area contributed by atoms with E-state index in [-0.39, 0.29) is 6.61 Å². The molecule has 3 N–H and O–H groups in total. The Balaban J connectivity index is 2.22. The monoisotopic (exact) mass is 304 g/mol. The van der Waals surface area contributed by atoms with Crippen LogP contribution in [0.4, 0.5) is 0 Å². The minimum absolute atomic E-state index is 0.0166. The van der Waals surface area contributed by atoms with Gasteiger partial charge in [-0.05, 0) is 6.42 Å². The van der Waals surface area contributed by atoms with Gasteiger partial charge in [-0.1, -0.05) is 39.0 Å². The van der Waals surface area contributed by atoms with E-state index < -0.39 is 37.0 Å². The number of esters is 1. The summed E-state index contributed by atoms with van der Waals surface area (Å²) < 4.78 is 10.3. The molecule has 1 heterocycles. The average molecular weight is 304 g/mol. The molecule has 1 aliphatic rings. The summed E-state index contributed by atoms with van der Waals surface area (Å²) in [6.45, 7) is 1.71. The molecule has 0 amide bonds. The number of hydrogen-bond donors (Lipinski definition) is 3. The standard InChI is InChI=1S/C15H28O6/c1-2-3-4-5-6-7-8-13(18)21-12(9-16)15-14(19)11(17)10-20-15/h11-12,14-17,19H,2-10H2,1H3/t11-,12?,14-,15?/m1/s1. The van der Waals surface area contributed by atoms with Gasteiger partial charge in [0.1, 0.15) is 18.3 Å². The first kappa shape index (κ1) is 18.4. The third kappa shape index (κ3) is 6.30. The van der Waals surface area contributed by atoms with E-state index in [0.29, 0.717) is 6.42 Å². The predicted octanol–water partition coefficient (Wildman–Crippen LogP) is 0.762. The molecule has 0 saturated carbocycles. The summed E-state index contributed by atoms with van der Waals surface area (Å²) in [7, 11) is 0. The van der Waals surface area contributed by atoms with Crippen LogP contribution in [0.5, 0.6) is 0 Å². The van der Waals surface area contributed by atoms with Crippen molar-refractivity contribution in [3.05, 3.63) is 0 Å². The Morgan fingerprint density at radius 3 is 2.48 bits per heavy atom.